The van der Waals surface area contributed by atoms with Crippen LogP contribution in [0.25, 0.3) is 0 Å². The highest BCUT2D eigenvalue weighted by Gasteiger charge is 2.10. The van der Waals surface area contributed by atoms with Gasteiger partial charge in [-0.2, -0.15) is 0 Å². The summed E-state index contributed by atoms with van der Waals surface area (Å²) in [5.74, 6) is 0. The molecule has 2 rings (SSSR count). The van der Waals surface area contributed by atoms with Crippen molar-refractivity contribution in [1.29, 1.82) is 0 Å². The molecule has 98 valence electrons. The van der Waals surface area contributed by atoms with Gasteiger partial charge in [-0.05, 0) is 31.2 Å². The molecule has 1 aliphatic carbocycles. The second kappa shape index (κ2) is 8.09. The number of nitrogens with two attached hydrogens (primary N) is 1. The van der Waals surface area contributed by atoms with Gasteiger partial charge in [0.1, 0.15) is 18.8 Å². The van der Waals surface area contributed by atoms with Crippen LogP contribution in [0.15, 0.2) is 48.6 Å². The predicted molar refractivity (Wildman–Crippen MR) is 66.7 cm³/mol. The number of hydrogen-bond acceptors (Lipinski definition) is 0. The van der Waals surface area contributed by atoms with E-state index in [0.29, 0.717) is 6.04 Å². The van der Waals surface area contributed by atoms with Crippen LogP contribution in [0.3, 0.4) is 0 Å². The van der Waals surface area contributed by atoms with Gasteiger partial charge >= 0.3 is 0 Å². The van der Waals surface area contributed by atoms with Gasteiger partial charge in [-0.15, -0.1) is 0 Å². The second-order valence-electron chi connectivity index (χ2n) is 4.08. The van der Waals surface area contributed by atoms with E-state index in [1.807, 2.05) is 7.05 Å². The van der Waals surface area contributed by atoms with Gasteiger partial charge in [-0.3, -0.25) is 0 Å². The normalized spacial score (nSPS) is 16.8. The van der Waals surface area contributed by atoms with Crippen molar-refractivity contribution in [3.63, 3.8) is 0 Å². The van der Waals surface area contributed by atoms with Gasteiger partial charge in [-0.25, -0.2) is 4.99 Å². The fraction of sp³-hybridized carbons (Fsp3) is 0.214. The molecule has 0 saturated carbocycles. The number of quaternary nitrogens is 1. The van der Waals surface area contributed by atoms with Gasteiger partial charge < -0.3 is 30.1 Å². The first-order valence-electron chi connectivity index (χ1n) is 5.60. The summed E-state index contributed by atoms with van der Waals surface area (Å²) in [6, 6.07) is 9.02. The van der Waals surface area contributed by atoms with Crippen LogP contribution in [0.4, 0.5) is 5.69 Å². The van der Waals surface area contributed by atoms with E-state index in [1.165, 1.54) is 11.3 Å². The maximum Gasteiger partial charge on any atom is 0.197 e. The van der Waals surface area contributed by atoms with Crippen molar-refractivity contribution in [1.82, 2.24) is 0 Å². The summed E-state index contributed by atoms with van der Waals surface area (Å²) in [4.78, 5) is 3.12. The molecular formula is C14H18Cl2N2. The average molecular weight is 285 g/mol. The van der Waals surface area contributed by atoms with Gasteiger partial charge in [0.25, 0.3) is 0 Å². The van der Waals surface area contributed by atoms with Crippen molar-refractivity contribution in [2.75, 3.05) is 7.05 Å². The minimum atomic E-state index is 0. The zero-order valence-corrected chi connectivity index (χ0v) is 12.0. The highest BCUT2D eigenvalue weighted by molar-refractivity contribution is 6.00. The number of aryl methyl sites for hydroxylation is 1. The Morgan fingerprint density at radius 3 is 2.06 bits per heavy atom. The number of rotatable bonds is 2. The molecule has 18 heavy (non-hydrogen) atoms. The summed E-state index contributed by atoms with van der Waals surface area (Å²) in [5.41, 5.74) is 3.74. The van der Waals surface area contributed by atoms with Crippen LogP contribution in [-0.4, -0.2) is 18.8 Å². The lowest BCUT2D eigenvalue weighted by Crippen LogP contribution is -3.00. The first-order chi connectivity index (χ1) is 7.78. The third-order valence-electron chi connectivity index (χ3n) is 2.75. The number of halogens is 2. The zero-order valence-electron chi connectivity index (χ0n) is 10.5. The fourth-order valence-electron chi connectivity index (χ4n) is 1.73. The summed E-state index contributed by atoms with van der Waals surface area (Å²) >= 11 is 0. The SMILES string of the molecule is C[NH+]=C1C=CC([NH2+]c2ccc(C)cc2)C=C1.[Cl-].[Cl-]. The Hall–Kier alpha value is -1.09. The summed E-state index contributed by atoms with van der Waals surface area (Å²) < 4.78 is 0. The van der Waals surface area contributed by atoms with Crippen molar-refractivity contribution in [2.45, 2.75) is 13.0 Å². The molecule has 1 aliphatic rings. The molecule has 0 fully saturated rings. The van der Waals surface area contributed by atoms with Gasteiger partial charge in [0.2, 0.25) is 0 Å². The lowest BCUT2D eigenvalue weighted by Gasteiger charge is -2.09. The summed E-state index contributed by atoms with van der Waals surface area (Å²) in [5, 5.41) is 2.26. The van der Waals surface area contributed by atoms with E-state index in [9.17, 15) is 0 Å². The Morgan fingerprint density at radius 1 is 1.00 bits per heavy atom. The van der Waals surface area contributed by atoms with Crippen LogP contribution in [0.2, 0.25) is 0 Å². The van der Waals surface area contributed by atoms with Crippen molar-refractivity contribution >= 4 is 11.4 Å². The Balaban J connectivity index is 0.00000144. The van der Waals surface area contributed by atoms with Crippen molar-refractivity contribution in [3.05, 3.63) is 54.1 Å². The van der Waals surface area contributed by atoms with Crippen molar-refractivity contribution in [3.8, 4) is 0 Å². The van der Waals surface area contributed by atoms with Crippen molar-refractivity contribution in [2.24, 2.45) is 0 Å². The monoisotopic (exact) mass is 284 g/mol. The summed E-state index contributed by atoms with van der Waals surface area (Å²) in [7, 11) is 1.94. The minimum Gasteiger partial charge on any atom is -1.00 e. The highest BCUT2D eigenvalue weighted by Crippen LogP contribution is 2.04. The maximum atomic E-state index is 3.12. The number of hydrogen-bond donors (Lipinski definition) is 2. The third-order valence-corrected chi connectivity index (χ3v) is 2.75. The van der Waals surface area contributed by atoms with E-state index < -0.39 is 0 Å². The maximum absolute atomic E-state index is 3.12. The average Bonchev–Trinajstić information content (AvgIpc) is 2.33. The molecule has 0 bridgehead atoms. The molecule has 0 heterocycles. The van der Waals surface area contributed by atoms with E-state index in [-0.39, 0.29) is 24.8 Å². The van der Waals surface area contributed by atoms with Crippen LogP contribution in [0, 0.1) is 6.92 Å². The number of nitrogens with one attached hydrogen (secondary N) is 1. The molecule has 0 aromatic heterocycles. The topological polar surface area (TPSA) is 30.6 Å². The molecule has 4 heteroatoms. The highest BCUT2D eigenvalue weighted by atomic mass is 35.5. The van der Waals surface area contributed by atoms with Crippen LogP contribution >= 0.6 is 0 Å². The van der Waals surface area contributed by atoms with E-state index in [1.54, 1.807) is 0 Å². The molecule has 1 aromatic rings. The molecule has 0 aliphatic heterocycles. The van der Waals surface area contributed by atoms with Gasteiger partial charge in [0.05, 0.1) is 0 Å². The van der Waals surface area contributed by atoms with Gasteiger partial charge in [-0.1, -0.05) is 17.7 Å². The molecule has 0 unspecified atom stereocenters. The summed E-state index contributed by atoms with van der Waals surface area (Å²) in [6.45, 7) is 2.11. The minimum absolute atomic E-state index is 0. The lowest BCUT2D eigenvalue weighted by molar-refractivity contribution is -0.587. The predicted octanol–water partition coefficient (Wildman–Crippen LogP) is -6.16. The Bertz CT molecular complexity index is 431. The van der Waals surface area contributed by atoms with Crippen molar-refractivity contribution < 1.29 is 35.1 Å². The van der Waals surface area contributed by atoms with E-state index in [0.717, 1.165) is 5.71 Å². The quantitative estimate of drug-likeness (QED) is 0.507. The Labute approximate surface area is 121 Å². The Morgan fingerprint density at radius 2 is 1.56 bits per heavy atom. The number of benzene rings is 1. The molecule has 3 N–H and O–H groups in total. The molecule has 0 atom stereocenters. The molecule has 0 spiro atoms. The first kappa shape index (κ1) is 16.9. The summed E-state index contributed by atoms with van der Waals surface area (Å²) in [6.07, 6.45) is 8.64. The second-order valence-corrected chi connectivity index (χ2v) is 4.08. The third kappa shape index (κ3) is 4.65. The largest absolute Gasteiger partial charge is 1.00 e. The Kier molecular flexibility index (Phi) is 7.60. The van der Waals surface area contributed by atoms with Crippen LogP contribution in [0.5, 0.6) is 0 Å². The van der Waals surface area contributed by atoms with Gasteiger partial charge in [0, 0.05) is 12.2 Å². The molecule has 2 nitrogen and oxygen atoms in total. The molecule has 0 saturated heterocycles. The molecule has 0 radical (unpaired) electrons. The van der Waals surface area contributed by atoms with Gasteiger partial charge in [0.15, 0.2) is 5.71 Å². The standard InChI is InChI=1S/C14H16N2.2ClH/c1-11-3-5-13(6-4-11)16-14-9-7-12(15-2)8-10-14;;/h3-10,14,16H,1-2H3;2*1H. The van der Waals surface area contributed by atoms with E-state index in [2.05, 4.69) is 65.8 Å². The molecule has 1 aromatic carbocycles. The zero-order chi connectivity index (χ0) is 11.4. The fourth-order valence-corrected chi connectivity index (χ4v) is 1.73. The van der Waals surface area contributed by atoms with Crippen LogP contribution < -0.4 is 35.1 Å². The van der Waals surface area contributed by atoms with E-state index in [4.69, 9.17) is 0 Å². The molecule has 0 amide bonds. The number of allylic oxidation sites excluding steroid dienone is 2. The van der Waals surface area contributed by atoms with Crippen LogP contribution in [-0.2, 0) is 0 Å². The van der Waals surface area contributed by atoms with E-state index >= 15 is 0 Å². The molecular weight excluding hydrogens is 267 g/mol. The lowest BCUT2D eigenvalue weighted by atomic mass is 10.1. The van der Waals surface area contributed by atoms with Crippen LogP contribution in [0.1, 0.15) is 5.56 Å². The first-order valence-corrected chi connectivity index (χ1v) is 5.60. The smallest absolute Gasteiger partial charge is 0.197 e.